The van der Waals surface area contributed by atoms with E-state index in [0.29, 0.717) is 12.5 Å². The second-order valence-electron chi connectivity index (χ2n) is 6.71. The van der Waals surface area contributed by atoms with Gasteiger partial charge in [0.1, 0.15) is 5.75 Å². The smallest absolute Gasteiger partial charge is 0.122 e. The molecule has 2 heteroatoms. The molecule has 1 atom stereocenters. The zero-order valence-corrected chi connectivity index (χ0v) is 15.0. The number of nitrogens with two attached hydrogens (primary N) is 1. The summed E-state index contributed by atoms with van der Waals surface area (Å²) < 4.78 is 5.60. The summed E-state index contributed by atoms with van der Waals surface area (Å²) in [6.07, 6.45) is 0.938. The Hall–Kier alpha value is -1.80. The van der Waals surface area contributed by atoms with Gasteiger partial charge >= 0.3 is 0 Å². The van der Waals surface area contributed by atoms with Crippen molar-refractivity contribution >= 4 is 0 Å². The number of ether oxygens (including phenoxy) is 1. The fraction of sp³-hybridized carbons (Fsp3) is 0.429. The van der Waals surface area contributed by atoms with Crippen LogP contribution in [0.25, 0.3) is 0 Å². The van der Waals surface area contributed by atoms with Crippen LogP contribution in [0, 0.1) is 13.8 Å². The number of methoxy groups -OCH3 is 1. The molecule has 0 saturated heterocycles. The molecule has 0 heterocycles. The first-order valence-electron chi connectivity index (χ1n) is 8.40. The van der Waals surface area contributed by atoms with Crippen LogP contribution in [-0.2, 0) is 6.42 Å². The molecule has 0 radical (unpaired) electrons. The number of benzene rings is 2. The summed E-state index contributed by atoms with van der Waals surface area (Å²) in [5.41, 5.74) is 12.5. The lowest BCUT2D eigenvalue weighted by Crippen LogP contribution is -2.16. The van der Waals surface area contributed by atoms with Gasteiger partial charge in [-0.2, -0.15) is 0 Å². The van der Waals surface area contributed by atoms with E-state index in [2.05, 4.69) is 64.1 Å². The largest absolute Gasteiger partial charge is 0.496 e. The predicted molar refractivity (Wildman–Crippen MR) is 98.5 cm³/mol. The van der Waals surface area contributed by atoms with Gasteiger partial charge in [0.2, 0.25) is 0 Å². The molecule has 2 aromatic carbocycles. The third-order valence-electron chi connectivity index (χ3n) is 4.70. The van der Waals surface area contributed by atoms with Gasteiger partial charge in [-0.05, 0) is 66.6 Å². The van der Waals surface area contributed by atoms with E-state index >= 15 is 0 Å². The van der Waals surface area contributed by atoms with E-state index in [9.17, 15) is 0 Å². The molecule has 0 aliphatic carbocycles. The molecule has 2 nitrogen and oxygen atoms in total. The van der Waals surface area contributed by atoms with Crippen LogP contribution in [0.3, 0.4) is 0 Å². The summed E-state index contributed by atoms with van der Waals surface area (Å²) in [7, 11) is 1.73. The minimum absolute atomic E-state index is 0.272. The minimum Gasteiger partial charge on any atom is -0.496 e. The molecular formula is C21H29NO. The Morgan fingerprint density at radius 2 is 1.61 bits per heavy atom. The first-order valence-corrected chi connectivity index (χ1v) is 8.40. The molecule has 1 unspecified atom stereocenters. The summed E-state index contributed by atoms with van der Waals surface area (Å²) in [5.74, 6) is 1.78. The molecule has 2 aromatic rings. The fourth-order valence-electron chi connectivity index (χ4n) is 2.95. The highest BCUT2D eigenvalue weighted by atomic mass is 16.5. The Balaban J connectivity index is 2.28. The molecule has 0 fully saturated rings. The number of aryl methyl sites for hydroxylation is 2. The molecule has 124 valence electrons. The van der Waals surface area contributed by atoms with Crippen LogP contribution in [0.5, 0.6) is 5.75 Å². The first-order chi connectivity index (χ1) is 11.0. The highest BCUT2D eigenvalue weighted by molar-refractivity contribution is 5.44. The molecule has 0 aromatic heterocycles. The predicted octanol–water partition coefficient (Wildman–Crippen LogP) is 4.72. The van der Waals surface area contributed by atoms with Crippen molar-refractivity contribution < 1.29 is 4.74 Å². The van der Waals surface area contributed by atoms with Crippen molar-refractivity contribution in [2.24, 2.45) is 5.73 Å². The van der Waals surface area contributed by atoms with Crippen LogP contribution in [0.15, 0.2) is 36.4 Å². The fourth-order valence-corrected chi connectivity index (χ4v) is 2.95. The average molecular weight is 311 g/mol. The number of rotatable bonds is 6. The van der Waals surface area contributed by atoms with Gasteiger partial charge in [0.05, 0.1) is 7.11 Å². The van der Waals surface area contributed by atoms with E-state index in [0.717, 1.165) is 12.2 Å². The number of hydrogen-bond donors (Lipinski definition) is 1. The van der Waals surface area contributed by atoms with Gasteiger partial charge in [0.15, 0.2) is 0 Å². The highest BCUT2D eigenvalue weighted by Gasteiger charge is 2.17. The van der Waals surface area contributed by atoms with Crippen molar-refractivity contribution in [1.82, 2.24) is 0 Å². The van der Waals surface area contributed by atoms with Crippen LogP contribution >= 0.6 is 0 Å². The second kappa shape index (κ2) is 7.65. The van der Waals surface area contributed by atoms with E-state index in [4.69, 9.17) is 10.5 Å². The molecule has 23 heavy (non-hydrogen) atoms. The third-order valence-corrected chi connectivity index (χ3v) is 4.70. The Bertz CT molecular complexity index is 644. The third kappa shape index (κ3) is 4.14. The van der Waals surface area contributed by atoms with Crippen LogP contribution in [-0.4, -0.2) is 13.7 Å². The van der Waals surface area contributed by atoms with Crippen LogP contribution in [0.2, 0.25) is 0 Å². The van der Waals surface area contributed by atoms with Gasteiger partial charge in [-0.3, -0.25) is 0 Å². The normalized spacial score (nSPS) is 12.5. The SMILES string of the molecule is COc1cc(C)c(C)cc1C(CN)Cc1ccc(C(C)C)cc1. The quantitative estimate of drug-likeness (QED) is 0.837. The Kier molecular flexibility index (Phi) is 5.84. The maximum absolute atomic E-state index is 6.09. The molecule has 0 amide bonds. The molecule has 0 bridgehead atoms. The average Bonchev–Trinajstić information content (AvgIpc) is 2.55. The summed E-state index contributed by atoms with van der Waals surface area (Å²) in [6, 6.07) is 13.3. The van der Waals surface area contributed by atoms with Crippen molar-refractivity contribution in [3.05, 3.63) is 64.2 Å². The van der Waals surface area contributed by atoms with Crippen molar-refractivity contribution in [1.29, 1.82) is 0 Å². The van der Waals surface area contributed by atoms with Gasteiger partial charge in [-0.1, -0.05) is 44.2 Å². The summed E-state index contributed by atoms with van der Waals surface area (Å²) in [4.78, 5) is 0. The lowest BCUT2D eigenvalue weighted by molar-refractivity contribution is 0.404. The van der Waals surface area contributed by atoms with E-state index in [1.807, 2.05) is 0 Å². The van der Waals surface area contributed by atoms with Crippen molar-refractivity contribution in [2.45, 2.75) is 46.0 Å². The standard InChI is InChI=1S/C21H29NO/c1-14(2)18-8-6-17(7-9-18)12-19(13-22)20-10-15(3)16(4)11-21(20)23-5/h6-11,14,19H,12-13,22H2,1-5H3. The van der Waals surface area contributed by atoms with Crippen molar-refractivity contribution in [3.8, 4) is 5.75 Å². The van der Waals surface area contributed by atoms with Crippen LogP contribution < -0.4 is 10.5 Å². The lowest BCUT2D eigenvalue weighted by atomic mass is 9.88. The topological polar surface area (TPSA) is 35.2 Å². The van der Waals surface area contributed by atoms with Gasteiger partial charge in [-0.25, -0.2) is 0 Å². The molecule has 2 rings (SSSR count). The van der Waals surface area contributed by atoms with Crippen molar-refractivity contribution in [2.75, 3.05) is 13.7 Å². The molecule has 2 N–H and O–H groups in total. The Morgan fingerprint density at radius 3 is 2.13 bits per heavy atom. The van der Waals surface area contributed by atoms with Gasteiger partial charge < -0.3 is 10.5 Å². The van der Waals surface area contributed by atoms with E-state index in [1.54, 1.807) is 7.11 Å². The molecule has 0 saturated carbocycles. The zero-order valence-electron chi connectivity index (χ0n) is 15.0. The summed E-state index contributed by atoms with van der Waals surface area (Å²) >= 11 is 0. The van der Waals surface area contributed by atoms with E-state index < -0.39 is 0 Å². The molecule has 0 aliphatic rings. The van der Waals surface area contributed by atoms with Gasteiger partial charge in [-0.15, -0.1) is 0 Å². The van der Waals surface area contributed by atoms with Crippen molar-refractivity contribution in [3.63, 3.8) is 0 Å². The van der Waals surface area contributed by atoms with E-state index in [1.165, 1.54) is 27.8 Å². The van der Waals surface area contributed by atoms with Crippen LogP contribution in [0.4, 0.5) is 0 Å². The van der Waals surface area contributed by atoms with Gasteiger partial charge in [0.25, 0.3) is 0 Å². The molecule has 0 spiro atoms. The van der Waals surface area contributed by atoms with Gasteiger partial charge in [0, 0.05) is 5.92 Å². The van der Waals surface area contributed by atoms with Crippen LogP contribution in [0.1, 0.15) is 53.5 Å². The summed E-state index contributed by atoms with van der Waals surface area (Å²) in [6.45, 7) is 9.31. The minimum atomic E-state index is 0.272. The molecular weight excluding hydrogens is 282 g/mol. The Morgan fingerprint density at radius 1 is 1.00 bits per heavy atom. The highest BCUT2D eigenvalue weighted by Crippen LogP contribution is 2.31. The second-order valence-corrected chi connectivity index (χ2v) is 6.71. The maximum atomic E-state index is 6.09. The summed E-state index contributed by atoms with van der Waals surface area (Å²) in [5, 5.41) is 0. The maximum Gasteiger partial charge on any atom is 0.122 e. The Labute approximate surface area is 140 Å². The molecule has 0 aliphatic heterocycles. The zero-order chi connectivity index (χ0) is 17.0. The van der Waals surface area contributed by atoms with E-state index in [-0.39, 0.29) is 5.92 Å². The lowest BCUT2D eigenvalue weighted by Gasteiger charge is -2.20. The number of hydrogen-bond acceptors (Lipinski definition) is 2. The first kappa shape index (κ1) is 17.6. The monoisotopic (exact) mass is 311 g/mol.